The molecule has 104 valence electrons. The van der Waals surface area contributed by atoms with Crippen LogP contribution in [-0.4, -0.2) is 23.0 Å². The molecule has 4 nitrogen and oxygen atoms in total. The highest BCUT2D eigenvalue weighted by molar-refractivity contribution is 6.34. The van der Waals surface area contributed by atoms with E-state index in [2.05, 4.69) is 0 Å². The lowest BCUT2D eigenvalue weighted by Gasteiger charge is -2.18. The molecule has 0 aliphatic carbocycles. The van der Waals surface area contributed by atoms with Crippen molar-refractivity contribution in [3.8, 4) is 5.75 Å². The van der Waals surface area contributed by atoms with Gasteiger partial charge in [-0.3, -0.25) is 4.79 Å². The number of amides is 1. The zero-order valence-electron chi connectivity index (χ0n) is 11.0. The standard InChI is InChI=1S/C15H15ClN2O2/c1-18(9-10-2-5-12(19)6-3-10)15(20)13-7-4-11(17)8-14(13)16/h2-8,19H,9,17H2,1H3. The zero-order valence-corrected chi connectivity index (χ0v) is 11.8. The first-order valence-electron chi connectivity index (χ1n) is 6.06. The van der Waals surface area contributed by atoms with Gasteiger partial charge in [0.1, 0.15) is 5.75 Å². The Balaban J connectivity index is 2.14. The predicted molar refractivity (Wildman–Crippen MR) is 79.8 cm³/mol. The Labute approximate surface area is 122 Å². The largest absolute Gasteiger partial charge is 0.508 e. The van der Waals surface area contributed by atoms with E-state index in [9.17, 15) is 9.90 Å². The van der Waals surface area contributed by atoms with Gasteiger partial charge in [-0.25, -0.2) is 0 Å². The zero-order chi connectivity index (χ0) is 14.7. The summed E-state index contributed by atoms with van der Waals surface area (Å²) in [5.74, 6) is 0.0207. The quantitative estimate of drug-likeness (QED) is 0.854. The van der Waals surface area contributed by atoms with Gasteiger partial charge in [0.2, 0.25) is 0 Å². The lowest BCUT2D eigenvalue weighted by Crippen LogP contribution is -2.26. The molecule has 0 radical (unpaired) electrons. The molecule has 2 rings (SSSR count). The van der Waals surface area contributed by atoms with Gasteiger partial charge in [0.15, 0.2) is 0 Å². The van der Waals surface area contributed by atoms with Crippen LogP contribution in [0.4, 0.5) is 5.69 Å². The number of halogens is 1. The van der Waals surface area contributed by atoms with Gasteiger partial charge in [0.25, 0.3) is 5.91 Å². The topological polar surface area (TPSA) is 66.6 Å². The van der Waals surface area contributed by atoms with Crippen molar-refractivity contribution < 1.29 is 9.90 Å². The maximum absolute atomic E-state index is 12.3. The van der Waals surface area contributed by atoms with E-state index in [1.54, 1.807) is 54.4 Å². The van der Waals surface area contributed by atoms with Gasteiger partial charge in [-0.05, 0) is 35.9 Å². The lowest BCUT2D eigenvalue weighted by atomic mass is 10.1. The number of rotatable bonds is 3. The van der Waals surface area contributed by atoms with E-state index in [1.165, 1.54) is 0 Å². The molecule has 2 aromatic carbocycles. The minimum Gasteiger partial charge on any atom is -0.508 e. The lowest BCUT2D eigenvalue weighted by molar-refractivity contribution is 0.0785. The minimum atomic E-state index is -0.178. The molecule has 0 spiro atoms. The van der Waals surface area contributed by atoms with Gasteiger partial charge in [-0.15, -0.1) is 0 Å². The highest BCUT2D eigenvalue weighted by atomic mass is 35.5. The molecular formula is C15H15ClN2O2. The number of carbonyl (C=O) groups is 1. The SMILES string of the molecule is CN(Cc1ccc(O)cc1)C(=O)c1ccc(N)cc1Cl. The second-order valence-electron chi connectivity index (χ2n) is 4.57. The van der Waals surface area contributed by atoms with Gasteiger partial charge < -0.3 is 15.7 Å². The Bertz CT molecular complexity index is 626. The van der Waals surface area contributed by atoms with Crippen molar-refractivity contribution in [3.05, 3.63) is 58.6 Å². The maximum atomic E-state index is 12.3. The van der Waals surface area contributed by atoms with Crippen LogP contribution in [0.5, 0.6) is 5.75 Å². The number of carbonyl (C=O) groups excluding carboxylic acids is 1. The fourth-order valence-corrected chi connectivity index (χ4v) is 2.13. The fraction of sp³-hybridized carbons (Fsp3) is 0.133. The number of hydrogen-bond donors (Lipinski definition) is 2. The van der Waals surface area contributed by atoms with E-state index in [0.717, 1.165) is 5.56 Å². The molecule has 0 heterocycles. The number of nitrogen functional groups attached to an aromatic ring is 1. The normalized spacial score (nSPS) is 10.3. The van der Waals surface area contributed by atoms with E-state index >= 15 is 0 Å². The van der Waals surface area contributed by atoms with Crippen LogP contribution in [0.15, 0.2) is 42.5 Å². The molecule has 1 amide bonds. The first kappa shape index (κ1) is 14.2. The molecule has 3 N–H and O–H groups in total. The van der Waals surface area contributed by atoms with Crippen molar-refractivity contribution in [1.82, 2.24) is 4.90 Å². The summed E-state index contributed by atoms with van der Waals surface area (Å²) >= 11 is 6.03. The van der Waals surface area contributed by atoms with Crippen LogP contribution in [0.3, 0.4) is 0 Å². The van der Waals surface area contributed by atoms with Crippen molar-refractivity contribution in [2.45, 2.75) is 6.54 Å². The van der Waals surface area contributed by atoms with E-state index in [-0.39, 0.29) is 11.7 Å². The highest BCUT2D eigenvalue weighted by Crippen LogP contribution is 2.21. The molecular weight excluding hydrogens is 276 g/mol. The van der Waals surface area contributed by atoms with Gasteiger partial charge >= 0.3 is 0 Å². The molecule has 5 heteroatoms. The summed E-state index contributed by atoms with van der Waals surface area (Å²) in [5, 5.41) is 9.57. The summed E-state index contributed by atoms with van der Waals surface area (Å²) in [6, 6.07) is 11.5. The average Bonchev–Trinajstić information content (AvgIpc) is 2.40. The Morgan fingerprint density at radius 1 is 1.25 bits per heavy atom. The number of hydrogen-bond acceptors (Lipinski definition) is 3. The number of phenolic OH excluding ortho intramolecular Hbond substituents is 1. The Hall–Kier alpha value is -2.20. The molecule has 20 heavy (non-hydrogen) atoms. The van der Waals surface area contributed by atoms with Gasteiger partial charge in [-0.1, -0.05) is 23.7 Å². The van der Waals surface area contributed by atoms with Crippen LogP contribution in [0.25, 0.3) is 0 Å². The number of nitrogens with zero attached hydrogens (tertiary/aromatic N) is 1. The summed E-state index contributed by atoms with van der Waals surface area (Å²) in [6.07, 6.45) is 0. The molecule has 0 bridgehead atoms. The third-order valence-electron chi connectivity index (χ3n) is 2.93. The Morgan fingerprint density at radius 2 is 1.90 bits per heavy atom. The third-order valence-corrected chi connectivity index (χ3v) is 3.24. The van der Waals surface area contributed by atoms with Gasteiger partial charge in [0.05, 0.1) is 10.6 Å². The third kappa shape index (κ3) is 3.22. The van der Waals surface area contributed by atoms with Gasteiger partial charge in [0, 0.05) is 19.3 Å². The number of nitrogens with two attached hydrogens (primary N) is 1. The van der Waals surface area contributed by atoms with Crippen LogP contribution >= 0.6 is 11.6 Å². The Kier molecular flexibility index (Phi) is 4.15. The molecule has 0 fully saturated rings. The average molecular weight is 291 g/mol. The molecule has 0 aliphatic heterocycles. The van der Waals surface area contributed by atoms with Crippen molar-refractivity contribution >= 4 is 23.2 Å². The van der Waals surface area contributed by atoms with E-state index in [4.69, 9.17) is 17.3 Å². The van der Waals surface area contributed by atoms with Crippen LogP contribution in [0.1, 0.15) is 15.9 Å². The van der Waals surface area contributed by atoms with Crippen LogP contribution in [0, 0.1) is 0 Å². The summed E-state index contributed by atoms with van der Waals surface area (Å²) in [4.78, 5) is 13.9. The summed E-state index contributed by atoms with van der Waals surface area (Å²) in [7, 11) is 1.70. The van der Waals surface area contributed by atoms with Crippen molar-refractivity contribution in [1.29, 1.82) is 0 Å². The Morgan fingerprint density at radius 3 is 2.50 bits per heavy atom. The van der Waals surface area contributed by atoms with Crippen molar-refractivity contribution in [3.63, 3.8) is 0 Å². The number of anilines is 1. The summed E-state index contributed by atoms with van der Waals surface area (Å²) < 4.78 is 0. The first-order chi connectivity index (χ1) is 9.47. The smallest absolute Gasteiger partial charge is 0.255 e. The monoisotopic (exact) mass is 290 g/mol. The van der Waals surface area contributed by atoms with E-state index < -0.39 is 0 Å². The van der Waals surface area contributed by atoms with Crippen molar-refractivity contribution in [2.24, 2.45) is 0 Å². The molecule has 0 aliphatic rings. The number of phenols is 1. The molecule has 0 unspecified atom stereocenters. The predicted octanol–water partition coefficient (Wildman–Crippen LogP) is 2.90. The van der Waals surface area contributed by atoms with Crippen molar-refractivity contribution in [2.75, 3.05) is 12.8 Å². The molecule has 0 atom stereocenters. The number of aromatic hydroxyl groups is 1. The number of benzene rings is 2. The molecule has 0 saturated heterocycles. The van der Waals surface area contributed by atoms with Crippen LogP contribution in [-0.2, 0) is 6.54 Å². The van der Waals surface area contributed by atoms with E-state index in [0.29, 0.717) is 22.8 Å². The first-order valence-corrected chi connectivity index (χ1v) is 6.43. The minimum absolute atomic E-state index is 0.178. The summed E-state index contributed by atoms with van der Waals surface area (Å²) in [6.45, 7) is 0.430. The maximum Gasteiger partial charge on any atom is 0.255 e. The van der Waals surface area contributed by atoms with Crippen LogP contribution in [0.2, 0.25) is 5.02 Å². The second kappa shape index (κ2) is 5.84. The van der Waals surface area contributed by atoms with Gasteiger partial charge in [-0.2, -0.15) is 0 Å². The molecule has 0 saturated carbocycles. The summed E-state index contributed by atoms with van der Waals surface area (Å²) in [5.41, 5.74) is 7.47. The second-order valence-corrected chi connectivity index (χ2v) is 4.97. The molecule has 2 aromatic rings. The highest BCUT2D eigenvalue weighted by Gasteiger charge is 2.15. The molecule has 0 aromatic heterocycles. The fourth-order valence-electron chi connectivity index (χ4n) is 1.86. The van der Waals surface area contributed by atoms with Crippen LogP contribution < -0.4 is 5.73 Å². The van der Waals surface area contributed by atoms with E-state index in [1.807, 2.05) is 0 Å².